The van der Waals surface area contributed by atoms with E-state index in [2.05, 4.69) is 24.4 Å². The van der Waals surface area contributed by atoms with Gasteiger partial charge < -0.3 is 19.5 Å². The van der Waals surface area contributed by atoms with Crippen molar-refractivity contribution in [3.8, 4) is 17.2 Å². The summed E-state index contributed by atoms with van der Waals surface area (Å²) in [7, 11) is 4.96. The van der Waals surface area contributed by atoms with Crippen LogP contribution in [0.1, 0.15) is 44.2 Å². The Morgan fingerprint density at radius 1 is 1.10 bits per heavy atom. The first-order chi connectivity index (χ1) is 10.2. The Kier molecular flexibility index (Phi) is 5.74. The topological polar surface area (TPSA) is 39.7 Å². The third-order valence-electron chi connectivity index (χ3n) is 4.00. The zero-order valence-electron chi connectivity index (χ0n) is 13.6. The summed E-state index contributed by atoms with van der Waals surface area (Å²) in [5, 5.41) is 3.65. The molecule has 0 amide bonds. The molecule has 118 valence electrons. The molecule has 1 saturated carbocycles. The van der Waals surface area contributed by atoms with Crippen LogP contribution in [0.25, 0.3) is 0 Å². The summed E-state index contributed by atoms with van der Waals surface area (Å²) in [5.41, 5.74) is 1.21. The van der Waals surface area contributed by atoms with Crippen molar-refractivity contribution in [2.75, 3.05) is 27.9 Å². The first kappa shape index (κ1) is 16.0. The second-order valence-electron chi connectivity index (χ2n) is 5.64. The fourth-order valence-corrected chi connectivity index (χ4v) is 2.65. The minimum absolute atomic E-state index is 0.353. The first-order valence-corrected chi connectivity index (χ1v) is 7.76. The molecule has 1 aromatic rings. The summed E-state index contributed by atoms with van der Waals surface area (Å²) in [4.78, 5) is 0. The lowest BCUT2D eigenvalue weighted by Gasteiger charge is -2.21. The minimum atomic E-state index is 0.353. The second-order valence-corrected chi connectivity index (χ2v) is 5.64. The number of hydrogen-bond acceptors (Lipinski definition) is 4. The number of methoxy groups -OCH3 is 3. The molecule has 0 radical (unpaired) electrons. The van der Waals surface area contributed by atoms with Crippen molar-refractivity contribution < 1.29 is 14.2 Å². The molecule has 0 spiro atoms. The standard InChI is InChI=1S/C17H27NO3/c1-5-8-18-14(9-12-6-7-12)13-10-15(19-2)17(21-4)16(11-13)20-3/h10-12,14,18H,5-9H2,1-4H3. The van der Waals surface area contributed by atoms with Crippen molar-refractivity contribution in [2.24, 2.45) is 5.92 Å². The lowest BCUT2D eigenvalue weighted by Crippen LogP contribution is -2.22. The maximum absolute atomic E-state index is 5.46. The number of benzene rings is 1. The van der Waals surface area contributed by atoms with Crippen LogP contribution in [0.5, 0.6) is 17.2 Å². The zero-order valence-corrected chi connectivity index (χ0v) is 13.6. The van der Waals surface area contributed by atoms with Gasteiger partial charge in [-0.3, -0.25) is 0 Å². The summed E-state index contributed by atoms with van der Waals surface area (Å²) in [6, 6.07) is 4.49. The zero-order chi connectivity index (χ0) is 15.2. The average Bonchev–Trinajstić information content (AvgIpc) is 3.33. The number of nitrogens with one attached hydrogen (secondary N) is 1. The molecule has 1 unspecified atom stereocenters. The van der Waals surface area contributed by atoms with Crippen molar-refractivity contribution >= 4 is 0 Å². The molecule has 1 fully saturated rings. The van der Waals surface area contributed by atoms with Gasteiger partial charge in [0.15, 0.2) is 11.5 Å². The fourth-order valence-electron chi connectivity index (χ4n) is 2.65. The highest BCUT2D eigenvalue weighted by Gasteiger charge is 2.27. The van der Waals surface area contributed by atoms with Crippen LogP contribution in [0.3, 0.4) is 0 Å². The van der Waals surface area contributed by atoms with Gasteiger partial charge in [0.25, 0.3) is 0 Å². The van der Waals surface area contributed by atoms with Gasteiger partial charge >= 0.3 is 0 Å². The predicted molar refractivity (Wildman–Crippen MR) is 84.5 cm³/mol. The van der Waals surface area contributed by atoms with Crippen molar-refractivity contribution in [2.45, 2.75) is 38.6 Å². The molecule has 2 rings (SSSR count). The van der Waals surface area contributed by atoms with E-state index in [0.717, 1.165) is 30.4 Å². The van der Waals surface area contributed by atoms with E-state index in [9.17, 15) is 0 Å². The number of rotatable bonds is 9. The Bertz CT molecular complexity index is 432. The monoisotopic (exact) mass is 293 g/mol. The third kappa shape index (κ3) is 4.03. The highest BCUT2D eigenvalue weighted by atomic mass is 16.5. The maximum atomic E-state index is 5.46. The van der Waals surface area contributed by atoms with Gasteiger partial charge in [-0.15, -0.1) is 0 Å². The van der Waals surface area contributed by atoms with Crippen molar-refractivity contribution in [3.63, 3.8) is 0 Å². The van der Waals surface area contributed by atoms with Gasteiger partial charge in [-0.25, -0.2) is 0 Å². The molecule has 0 aromatic heterocycles. The Morgan fingerprint density at radius 2 is 1.71 bits per heavy atom. The molecule has 0 heterocycles. The van der Waals surface area contributed by atoms with Gasteiger partial charge in [-0.05, 0) is 43.0 Å². The molecular formula is C17H27NO3. The molecule has 1 N–H and O–H groups in total. The Morgan fingerprint density at radius 3 is 2.14 bits per heavy atom. The molecular weight excluding hydrogens is 266 g/mol. The summed E-state index contributed by atoms with van der Waals surface area (Å²) < 4.78 is 16.3. The Balaban J connectivity index is 2.28. The molecule has 1 atom stereocenters. The van der Waals surface area contributed by atoms with Gasteiger partial charge in [0.05, 0.1) is 21.3 Å². The molecule has 0 bridgehead atoms. The molecule has 0 saturated heterocycles. The Hall–Kier alpha value is -1.42. The average molecular weight is 293 g/mol. The van der Waals surface area contributed by atoms with Gasteiger partial charge in [-0.2, -0.15) is 0 Å². The second kappa shape index (κ2) is 7.55. The largest absolute Gasteiger partial charge is 0.493 e. The van der Waals surface area contributed by atoms with E-state index in [1.54, 1.807) is 21.3 Å². The van der Waals surface area contributed by atoms with E-state index in [0.29, 0.717) is 11.8 Å². The van der Waals surface area contributed by atoms with Crippen LogP contribution in [0, 0.1) is 5.92 Å². The smallest absolute Gasteiger partial charge is 0.203 e. The molecule has 1 aromatic carbocycles. The number of hydrogen-bond donors (Lipinski definition) is 1. The SMILES string of the molecule is CCCNC(CC1CC1)c1cc(OC)c(OC)c(OC)c1. The lowest BCUT2D eigenvalue weighted by molar-refractivity contribution is 0.322. The predicted octanol–water partition coefficient (Wildman–Crippen LogP) is 3.55. The van der Waals surface area contributed by atoms with E-state index in [1.165, 1.54) is 24.8 Å². The molecule has 1 aliphatic carbocycles. The van der Waals surface area contributed by atoms with Crippen LogP contribution in [0.15, 0.2) is 12.1 Å². The minimum Gasteiger partial charge on any atom is -0.493 e. The summed E-state index contributed by atoms with van der Waals surface area (Å²) in [6.45, 7) is 3.21. The maximum Gasteiger partial charge on any atom is 0.203 e. The molecule has 21 heavy (non-hydrogen) atoms. The van der Waals surface area contributed by atoms with E-state index >= 15 is 0 Å². The van der Waals surface area contributed by atoms with Gasteiger partial charge in [0, 0.05) is 6.04 Å². The first-order valence-electron chi connectivity index (χ1n) is 7.76. The van der Waals surface area contributed by atoms with Crippen LogP contribution in [0.4, 0.5) is 0 Å². The van der Waals surface area contributed by atoms with Crippen molar-refractivity contribution in [3.05, 3.63) is 17.7 Å². The molecule has 4 nitrogen and oxygen atoms in total. The lowest BCUT2D eigenvalue weighted by atomic mass is 10.00. The van der Waals surface area contributed by atoms with Gasteiger partial charge in [-0.1, -0.05) is 19.8 Å². The van der Waals surface area contributed by atoms with E-state index in [1.807, 2.05) is 0 Å². The highest BCUT2D eigenvalue weighted by molar-refractivity contribution is 5.54. The van der Waals surface area contributed by atoms with E-state index < -0.39 is 0 Å². The van der Waals surface area contributed by atoms with Crippen molar-refractivity contribution in [1.29, 1.82) is 0 Å². The normalized spacial score (nSPS) is 15.6. The third-order valence-corrected chi connectivity index (χ3v) is 4.00. The van der Waals surface area contributed by atoms with Crippen LogP contribution in [-0.2, 0) is 0 Å². The van der Waals surface area contributed by atoms with Crippen LogP contribution >= 0.6 is 0 Å². The highest BCUT2D eigenvalue weighted by Crippen LogP contribution is 2.43. The van der Waals surface area contributed by atoms with Crippen LogP contribution < -0.4 is 19.5 Å². The summed E-state index contributed by atoms with van der Waals surface area (Å²) >= 11 is 0. The van der Waals surface area contributed by atoms with Gasteiger partial charge in [0.1, 0.15) is 0 Å². The molecule has 1 aliphatic rings. The summed E-state index contributed by atoms with van der Waals surface area (Å²) in [5.74, 6) is 2.97. The van der Waals surface area contributed by atoms with E-state index in [4.69, 9.17) is 14.2 Å². The fraction of sp³-hybridized carbons (Fsp3) is 0.647. The van der Waals surface area contributed by atoms with Crippen LogP contribution in [-0.4, -0.2) is 27.9 Å². The number of ether oxygens (including phenoxy) is 3. The molecule has 4 heteroatoms. The molecule has 0 aliphatic heterocycles. The summed E-state index contributed by atoms with van der Waals surface area (Å²) in [6.07, 6.45) is 5.02. The van der Waals surface area contributed by atoms with E-state index in [-0.39, 0.29) is 0 Å². The Labute approximate surface area is 127 Å². The van der Waals surface area contributed by atoms with Crippen molar-refractivity contribution in [1.82, 2.24) is 5.32 Å². The van der Waals surface area contributed by atoms with Gasteiger partial charge in [0.2, 0.25) is 5.75 Å². The quantitative estimate of drug-likeness (QED) is 0.756. The van der Waals surface area contributed by atoms with Crippen LogP contribution in [0.2, 0.25) is 0 Å².